The number of benzene rings is 2. The summed E-state index contributed by atoms with van der Waals surface area (Å²) in [5.74, 6) is 0.828. The fraction of sp³-hybridized carbons (Fsp3) is 0.167. The topological polar surface area (TPSA) is 77.2 Å². The summed E-state index contributed by atoms with van der Waals surface area (Å²) in [6, 6.07) is 10.7. The average molecular weight is 469 g/mol. The summed E-state index contributed by atoms with van der Waals surface area (Å²) in [5.41, 5.74) is 2.37. The zero-order chi connectivity index (χ0) is 19.4. The molecule has 0 saturated heterocycles. The van der Waals surface area contributed by atoms with Crippen molar-refractivity contribution < 1.29 is 13.9 Å². The fourth-order valence-electron chi connectivity index (χ4n) is 2.27. The molecule has 1 N–H and O–H groups in total. The lowest BCUT2D eigenvalue weighted by Crippen LogP contribution is -2.14. The van der Waals surface area contributed by atoms with Gasteiger partial charge in [0.2, 0.25) is 5.91 Å². The van der Waals surface area contributed by atoms with Crippen molar-refractivity contribution in [2.75, 3.05) is 18.2 Å². The average Bonchev–Trinajstić information content (AvgIpc) is 3.12. The van der Waals surface area contributed by atoms with E-state index in [1.54, 1.807) is 25.3 Å². The van der Waals surface area contributed by atoms with Crippen LogP contribution in [0.15, 0.2) is 50.5 Å². The van der Waals surface area contributed by atoms with Gasteiger partial charge in [0.1, 0.15) is 5.75 Å². The Balaban J connectivity index is 1.63. The SMILES string of the molecule is COc1ccc(Cl)cc1-c1nnc(SCC(=O)Nc2ccc(Br)c(C)c2)o1. The second-order valence-electron chi connectivity index (χ2n) is 5.52. The smallest absolute Gasteiger partial charge is 0.277 e. The Hall–Kier alpha value is -2.03. The number of nitrogens with zero attached hydrogens (tertiary/aromatic N) is 2. The Morgan fingerprint density at radius 2 is 2.11 bits per heavy atom. The number of halogens is 2. The number of anilines is 1. The number of carbonyl (C=O) groups excluding carboxylic acids is 1. The normalized spacial score (nSPS) is 10.7. The molecule has 0 bridgehead atoms. The molecule has 0 saturated carbocycles. The summed E-state index contributed by atoms with van der Waals surface area (Å²) in [6.07, 6.45) is 0. The van der Waals surface area contributed by atoms with E-state index in [1.807, 2.05) is 25.1 Å². The number of aryl methyl sites for hydroxylation is 1. The highest BCUT2D eigenvalue weighted by Gasteiger charge is 2.15. The molecule has 27 heavy (non-hydrogen) atoms. The first-order valence-electron chi connectivity index (χ1n) is 7.82. The maximum atomic E-state index is 12.1. The van der Waals surface area contributed by atoms with Crippen molar-refractivity contribution in [3.8, 4) is 17.2 Å². The van der Waals surface area contributed by atoms with Crippen LogP contribution in [-0.4, -0.2) is 29.0 Å². The molecule has 9 heteroatoms. The van der Waals surface area contributed by atoms with E-state index >= 15 is 0 Å². The van der Waals surface area contributed by atoms with Crippen LogP contribution >= 0.6 is 39.3 Å². The molecule has 3 aromatic rings. The maximum Gasteiger partial charge on any atom is 0.277 e. The molecule has 0 unspecified atom stereocenters. The Bertz CT molecular complexity index is 980. The van der Waals surface area contributed by atoms with E-state index in [1.165, 1.54) is 0 Å². The lowest BCUT2D eigenvalue weighted by molar-refractivity contribution is -0.113. The third kappa shape index (κ3) is 5.03. The third-order valence-electron chi connectivity index (χ3n) is 3.57. The highest BCUT2D eigenvalue weighted by Crippen LogP contribution is 2.33. The Morgan fingerprint density at radius 1 is 1.30 bits per heavy atom. The zero-order valence-electron chi connectivity index (χ0n) is 14.5. The quantitative estimate of drug-likeness (QED) is 0.501. The fourth-order valence-corrected chi connectivity index (χ4v) is 3.25. The minimum absolute atomic E-state index is 0.142. The van der Waals surface area contributed by atoms with Crippen molar-refractivity contribution in [3.63, 3.8) is 0 Å². The van der Waals surface area contributed by atoms with Gasteiger partial charge in [-0.25, -0.2) is 0 Å². The molecule has 1 heterocycles. The number of nitrogens with one attached hydrogen (secondary N) is 1. The summed E-state index contributed by atoms with van der Waals surface area (Å²) < 4.78 is 11.9. The highest BCUT2D eigenvalue weighted by atomic mass is 79.9. The van der Waals surface area contributed by atoms with Crippen molar-refractivity contribution in [1.29, 1.82) is 0 Å². The molecule has 0 atom stereocenters. The van der Waals surface area contributed by atoms with E-state index in [0.29, 0.717) is 16.3 Å². The summed E-state index contributed by atoms with van der Waals surface area (Å²) in [7, 11) is 1.55. The molecule has 0 aliphatic rings. The maximum absolute atomic E-state index is 12.1. The highest BCUT2D eigenvalue weighted by molar-refractivity contribution is 9.10. The first-order chi connectivity index (χ1) is 13.0. The summed E-state index contributed by atoms with van der Waals surface area (Å²) in [4.78, 5) is 12.1. The molecule has 3 rings (SSSR count). The molecule has 0 radical (unpaired) electrons. The molecule has 140 valence electrons. The number of thioether (sulfide) groups is 1. The van der Waals surface area contributed by atoms with Gasteiger partial charge in [-0.3, -0.25) is 4.79 Å². The van der Waals surface area contributed by atoms with Gasteiger partial charge in [-0.1, -0.05) is 39.3 Å². The molecule has 2 aromatic carbocycles. The van der Waals surface area contributed by atoms with Crippen LogP contribution in [0.25, 0.3) is 11.5 Å². The predicted molar refractivity (Wildman–Crippen MR) is 110 cm³/mol. The molecular weight excluding hydrogens is 454 g/mol. The van der Waals surface area contributed by atoms with Crippen molar-refractivity contribution in [1.82, 2.24) is 10.2 Å². The van der Waals surface area contributed by atoms with Gasteiger partial charge in [0.05, 0.1) is 18.4 Å². The van der Waals surface area contributed by atoms with E-state index in [9.17, 15) is 4.79 Å². The minimum atomic E-state index is -0.165. The van der Waals surface area contributed by atoms with E-state index < -0.39 is 0 Å². The second kappa shape index (κ2) is 8.77. The predicted octanol–water partition coefficient (Wildman–Crippen LogP) is 5.20. The van der Waals surface area contributed by atoms with Gasteiger partial charge < -0.3 is 14.5 Å². The first kappa shape index (κ1) is 19.7. The Kier molecular flexibility index (Phi) is 6.41. The molecule has 0 aliphatic heterocycles. The number of aromatic nitrogens is 2. The largest absolute Gasteiger partial charge is 0.496 e. The Morgan fingerprint density at radius 3 is 2.85 bits per heavy atom. The van der Waals surface area contributed by atoms with Crippen LogP contribution in [0.2, 0.25) is 5.02 Å². The van der Waals surface area contributed by atoms with Crippen LogP contribution in [-0.2, 0) is 4.79 Å². The van der Waals surface area contributed by atoms with Crippen LogP contribution in [0, 0.1) is 6.92 Å². The van der Waals surface area contributed by atoms with Crippen LogP contribution < -0.4 is 10.1 Å². The lowest BCUT2D eigenvalue weighted by Gasteiger charge is -2.06. The van der Waals surface area contributed by atoms with Crippen LogP contribution in [0.4, 0.5) is 5.69 Å². The van der Waals surface area contributed by atoms with Crippen LogP contribution in [0.1, 0.15) is 5.56 Å². The van der Waals surface area contributed by atoms with Gasteiger partial charge in [0.15, 0.2) is 0 Å². The van der Waals surface area contributed by atoms with Gasteiger partial charge in [-0.15, -0.1) is 10.2 Å². The van der Waals surface area contributed by atoms with E-state index in [-0.39, 0.29) is 22.8 Å². The summed E-state index contributed by atoms with van der Waals surface area (Å²) in [5, 5.41) is 11.6. The molecular formula is C18H15BrClN3O3S. The molecule has 6 nitrogen and oxygen atoms in total. The number of hydrogen-bond donors (Lipinski definition) is 1. The number of ether oxygens (including phenoxy) is 1. The Labute approximate surface area is 173 Å². The number of rotatable bonds is 6. The van der Waals surface area contributed by atoms with Crippen molar-refractivity contribution >= 4 is 50.9 Å². The lowest BCUT2D eigenvalue weighted by atomic mass is 10.2. The first-order valence-corrected chi connectivity index (χ1v) is 9.98. The second-order valence-corrected chi connectivity index (χ2v) is 7.74. The molecule has 0 spiro atoms. The van der Waals surface area contributed by atoms with E-state index in [2.05, 4.69) is 31.4 Å². The number of methoxy groups -OCH3 is 1. The third-order valence-corrected chi connectivity index (χ3v) is 5.51. The van der Waals surface area contributed by atoms with Gasteiger partial charge in [-0.05, 0) is 48.9 Å². The van der Waals surface area contributed by atoms with Gasteiger partial charge in [-0.2, -0.15) is 0 Å². The van der Waals surface area contributed by atoms with Crippen LogP contribution in [0.5, 0.6) is 5.75 Å². The van der Waals surface area contributed by atoms with Gasteiger partial charge >= 0.3 is 0 Å². The summed E-state index contributed by atoms with van der Waals surface area (Å²) in [6.45, 7) is 1.96. The van der Waals surface area contributed by atoms with Crippen molar-refractivity contribution in [2.45, 2.75) is 12.1 Å². The number of amides is 1. The van der Waals surface area contributed by atoms with Crippen molar-refractivity contribution in [2.24, 2.45) is 0 Å². The standard InChI is InChI=1S/C18H15BrClN3O3S/c1-10-7-12(4-5-14(10)19)21-16(24)9-27-18-23-22-17(26-18)13-8-11(20)3-6-15(13)25-2/h3-8H,9H2,1-2H3,(H,21,24). The minimum Gasteiger partial charge on any atom is -0.496 e. The number of carbonyl (C=O) groups is 1. The zero-order valence-corrected chi connectivity index (χ0v) is 17.6. The van der Waals surface area contributed by atoms with Gasteiger partial charge in [0, 0.05) is 15.2 Å². The molecule has 1 amide bonds. The van der Waals surface area contributed by atoms with Crippen LogP contribution in [0.3, 0.4) is 0 Å². The molecule has 0 aliphatic carbocycles. The summed E-state index contributed by atoms with van der Waals surface area (Å²) >= 11 is 10.6. The molecule has 1 aromatic heterocycles. The van der Waals surface area contributed by atoms with E-state index in [4.69, 9.17) is 20.8 Å². The monoisotopic (exact) mass is 467 g/mol. The molecule has 0 fully saturated rings. The van der Waals surface area contributed by atoms with E-state index in [0.717, 1.165) is 27.5 Å². The number of hydrogen-bond acceptors (Lipinski definition) is 6. The van der Waals surface area contributed by atoms with Crippen molar-refractivity contribution in [3.05, 3.63) is 51.5 Å². The van der Waals surface area contributed by atoms with Gasteiger partial charge in [0.25, 0.3) is 11.1 Å².